The molecule has 0 N–H and O–H groups in total. The Balaban J connectivity index is 1.89. The number of benzene rings is 1. The van der Waals surface area contributed by atoms with E-state index in [0.29, 0.717) is 32.6 Å². The molecule has 1 aromatic rings. The minimum atomic E-state index is -0.0251. The van der Waals surface area contributed by atoms with Crippen LogP contribution in [0.4, 0.5) is 0 Å². The van der Waals surface area contributed by atoms with Gasteiger partial charge in [0.1, 0.15) is 12.4 Å². The number of hydrogen-bond acceptors (Lipinski definition) is 4. The van der Waals surface area contributed by atoms with Crippen molar-refractivity contribution in [1.29, 1.82) is 0 Å². The van der Waals surface area contributed by atoms with E-state index in [-0.39, 0.29) is 18.4 Å². The van der Waals surface area contributed by atoms with Crippen molar-refractivity contribution in [3.05, 3.63) is 29.3 Å². The lowest BCUT2D eigenvalue weighted by atomic mass is 10.1. The van der Waals surface area contributed by atoms with E-state index in [0.717, 1.165) is 16.9 Å². The molecule has 0 aliphatic carbocycles. The van der Waals surface area contributed by atoms with Crippen LogP contribution >= 0.6 is 0 Å². The quantitative estimate of drug-likeness (QED) is 0.807. The molecule has 1 aromatic carbocycles. The zero-order valence-electron chi connectivity index (χ0n) is 14.0. The number of rotatable bonds is 5. The third-order valence-electron chi connectivity index (χ3n) is 4.08. The number of nitrogens with zero attached hydrogens (tertiary/aromatic N) is 2. The SMILES string of the molecule is COCC(=O)N1CCN(C(=O)Cc2ccc(C)c(OC)c2)CC1. The summed E-state index contributed by atoms with van der Waals surface area (Å²) in [6, 6.07) is 5.82. The molecule has 1 saturated heterocycles. The molecule has 2 rings (SSSR count). The summed E-state index contributed by atoms with van der Waals surface area (Å²) in [7, 11) is 3.14. The van der Waals surface area contributed by atoms with Crippen molar-refractivity contribution in [1.82, 2.24) is 9.80 Å². The van der Waals surface area contributed by atoms with Crippen molar-refractivity contribution >= 4 is 11.8 Å². The van der Waals surface area contributed by atoms with Crippen molar-refractivity contribution in [2.24, 2.45) is 0 Å². The van der Waals surface area contributed by atoms with Gasteiger partial charge in [0.25, 0.3) is 0 Å². The Bertz CT molecular complexity index is 566. The van der Waals surface area contributed by atoms with Gasteiger partial charge in [-0.2, -0.15) is 0 Å². The molecule has 1 fully saturated rings. The molecular weight excluding hydrogens is 296 g/mol. The maximum atomic E-state index is 12.4. The minimum absolute atomic E-state index is 0.0251. The number of aryl methyl sites for hydroxylation is 1. The average molecular weight is 320 g/mol. The molecule has 23 heavy (non-hydrogen) atoms. The third kappa shape index (κ3) is 4.45. The summed E-state index contributed by atoms with van der Waals surface area (Å²) in [5.41, 5.74) is 1.99. The topological polar surface area (TPSA) is 59.1 Å². The van der Waals surface area contributed by atoms with Crippen molar-refractivity contribution in [2.45, 2.75) is 13.3 Å². The van der Waals surface area contributed by atoms with Crippen molar-refractivity contribution in [3.8, 4) is 5.75 Å². The van der Waals surface area contributed by atoms with E-state index in [1.165, 1.54) is 7.11 Å². The highest BCUT2D eigenvalue weighted by Gasteiger charge is 2.24. The summed E-state index contributed by atoms with van der Waals surface area (Å²) < 4.78 is 10.2. The first-order valence-corrected chi connectivity index (χ1v) is 7.73. The van der Waals surface area contributed by atoms with Crippen LogP contribution in [0.5, 0.6) is 5.75 Å². The van der Waals surface area contributed by atoms with E-state index >= 15 is 0 Å². The Labute approximate surface area is 137 Å². The molecule has 6 heteroatoms. The molecule has 0 atom stereocenters. The number of amides is 2. The van der Waals surface area contributed by atoms with Gasteiger partial charge in [-0.15, -0.1) is 0 Å². The van der Waals surface area contributed by atoms with Crippen LogP contribution in [0.15, 0.2) is 18.2 Å². The van der Waals surface area contributed by atoms with E-state index in [1.807, 2.05) is 30.0 Å². The molecule has 126 valence electrons. The van der Waals surface area contributed by atoms with Crippen LogP contribution in [-0.4, -0.2) is 68.6 Å². The van der Waals surface area contributed by atoms with Gasteiger partial charge >= 0.3 is 0 Å². The summed E-state index contributed by atoms with van der Waals surface area (Å²) in [5, 5.41) is 0. The molecule has 0 bridgehead atoms. The van der Waals surface area contributed by atoms with Gasteiger partial charge in [0.05, 0.1) is 13.5 Å². The van der Waals surface area contributed by atoms with Gasteiger partial charge in [0.15, 0.2) is 0 Å². The highest BCUT2D eigenvalue weighted by Crippen LogP contribution is 2.19. The summed E-state index contributed by atoms with van der Waals surface area (Å²) in [5.74, 6) is 0.850. The average Bonchev–Trinajstić information content (AvgIpc) is 2.57. The Kier molecular flexibility index (Phi) is 5.98. The predicted molar refractivity (Wildman–Crippen MR) is 86.5 cm³/mol. The standard InChI is InChI=1S/C17H24N2O4/c1-13-4-5-14(10-15(13)23-3)11-16(20)18-6-8-19(9-7-18)17(21)12-22-2/h4-5,10H,6-9,11-12H2,1-3H3. The molecule has 0 saturated carbocycles. The van der Waals surface area contributed by atoms with Crippen molar-refractivity contribution in [2.75, 3.05) is 47.0 Å². The van der Waals surface area contributed by atoms with Gasteiger partial charge in [-0.3, -0.25) is 9.59 Å². The molecule has 1 aliphatic heterocycles. The molecule has 1 heterocycles. The highest BCUT2D eigenvalue weighted by atomic mass is 16.5. The fourth-order valence-corrected chi connectivity index (χ4v) is 2.68. The normalized spacial score (nSPS) is 14.7. The summed E-state index contributed by atoms with van der Waals surface area (Å²) >= 11 is 0. The van der Waals surface area contributed by atoms with Crippen LogP contribution < -0.4 is 4.74 Å². The third-order valence-corrected chi connectivity index (χ3v) is 4.08. The monoisotopic (exact) mass is 320 g/mol. The first-order chi connectivity index (χ1) is 11.0. The summed E-state index contributed by atoms with van der Waals surface area (Å²) in [4.78, 5) is 27.7. The second-order valence-corrected chi connectivity index (χ2v) is 5.68. The molecule has 6 nitrogen and oxygen atoms in total. The number of hydrogen-bond donors (Lipinski definition) is 0. The van der Waals surface area contributed by atoms with Gasteiger partial charge in [0.2, 0.25) is 11.8 Å². The summed E-state index contributed by atoms with van der Waals surface area (Å²) in [6.07, 6.45) is 0.350. The minimum Gasteiger partial charge on any atom is -0.496 e. The predicted octanol–water partition coefficient (Wildman–Crippen LogP) is 0.863. The van der Waals surface area contributed by atoms with Crippen LogP contribution in [0.1, 0.15) is 11.1 Å². The van der Waals surface area contributed by atoms with E-state index < -0.39 is 0 Å². The lowest BCUT2D eigenvalue weighted by Gasteiger charge is -2.34. The Hall–Kier alpha value is -2.08. The van der Waals surface area contributed by atoms with Gasteiger partial charge < -0.3 is 19.3 Å². The van der Waals surface area contributed by atoms with Gasteiger partial charge in [-0.25, -0.2) is 0 Å². The molecule has 0 radical (unpaired) electrons. The lowest BCUT2D eigenvalue weighted by molar-refractivity contribution is -0.141. The first kappa shape index (κ1) is 17.3. The fraction of sp³-hybridized carbons (Fsp3) is 0.529. The maximum Gasteiger partial charge on any atom is 0.248 e. The molecular formula is C17H24N2O4. The van der Waals surface area contributed by atoms with Gasteiger partial charge in [0, 0.05) is 33.3 Å². The van der Waals surface area contributed by atoms with E-state index in [9.17, 15) is 9.59 Å². The Morgan fingerprint density at radius 2 is 1.65 bits per heavy atom. The first-order valence-electron chi connectivity index (χ1n) is 7.73. The molecule has 1 aliphatic rings. The summed E-state index contributed by atoms with van der Waals surface area (Å²) in [6.45, 7) is 4.32. The zero-order valence-corrected chi connectivity index (χ0v) is 14.0. The van der Waals surface area contributed by atoms with Gasteiger partial charge in [-0.05, 0) is 24.1 Å². The van der Waals surface area contributed by atoms with E-state index in [2.05, 4.69) is 0 Å². The fourth-order valence-electron chi connectivity index (χ4n) is 2.68. The largest absolute Gasteiger partial charge is 0.496 e. The lowest BCUT2D eigenvalue weighted by Crippen LogP contribution is -2.51. The highest BCUT2D eigenvalue weighted by molar-refractivity contribution is 5.80. The Morgan fingerprint density at radius 3 is 2.22 bits per heavy atom. The molecule has 0 spiro atoms. The maximum absolute atomic E-state index is 12.4. The number of methoxy groups -OCH3 is 2. The second kappa shape index (κ2) is 7.97. The van der Waals surface area contributed by atoms with E-state index in [1.54, 1.807) is 12.0 Å². The molecule has 0 unspecified atom stereocenters. The van der Waals surface area contributed by atoms with Crippen LogP contribution in [0.2, 0.25) is 0 Å². The number of carbonyl (C=O) groups excluding carboxylic acids is 2. The molecule has 0 aromatic heterocycles. The Morgan fingerprint density at radius 1 is 1.04 bits per heavy atom. The number of carbonyl (C=O) groups is 2. The van der Waals surface area contributed by atoms with Crippen LogP contribution in [0, 0.1) is 6.92 Å². The zero-order chi connectivity index (χ0) is 16.8. The number of ether oxygens (including phenoxy) is 2. The number of piperazine rings is 1. The second-order valence-electron chi connectivity index (χ2n) is 5.68. The van der Waals surface area contributed by atoms with Crippen LogP contribution in [0.3, 0.4) is 0 Å². The smallest absolute Gasteiger partial charge is 0.248 e. The van der Waals surface area contributed by atoms with Crippen molar-refractivity contribution < 1.29 is 19.1 Å². The molecule has 2 amide bonds. The van der Waals surface area contributed by atoms with Crippen molar-refractivity contribution in [3.63, 3.8) is 0 Å². The van der Waals surface area contributed by atoms with Gasteiger partial charge in [-0.1, -0.05) is 12.1 Å². The van der Waals surface area contributed by atoms with E-state index in [4.69, 9.17) is 9.47 Å². The van der Waals surface area contributed by atoms with Crippen LogP contribution in [0.25, 0.3) is 0 Å². The van der Waals surface area contributed by atoms with Crippen LogP contribution in [-0.2, 0) is 20.7 Å².